The fourth-order valence-electron chi connectivity index (χ4n) is 5.76. The molecule has 5 heterocycles. The second kappa shape index (κ2) is 11.9. The molecule has 2 saturated heterocycles. The van der Waals surface area contributed by atoms with Crippen LogP contribution in [0.5, 0.6) is 5.75 Å². The maximum Gasteiger partial charge on any atom is 0.434 e. The molecule has 6 rings (SSSR count). The van der Waals surface area contributed by atoms with E-state index in [1.54, 1.807) is 35.5 Å². The van der Waals surface area contributed by atoms with Gasteiger partial charge in [-0.25, -0.2) is 24.7 Å². The van der Waals surface area contributed by atoms with E-state index in [9.17, 15) is 27.9 Å². The number of carboxylic acids is 1. The van der Waals surface area contributed by atoms with Crippen LogP contribution in [0.2, 0.25) is 0 Å². The zero-order valence-electron chi connectivity index (χ0n) is 23.6. The number of hydrogen-bond acceptors (Lipinski definition) is 10. The van der Waals surface area contributed by atoms with Crippen molar-refractivity contribution in [2.45, 2.75) is 49.9 Å². The molecule has 1 amide bonds. The maximum atomic E-state index is 14.1. The molecule has 0 bridgehead atoms. The summed E-state index contributed by atoms with van der Waals surface area (Å²) in [5.41, 5.74) is -2.50. The lowest BCUT2D eigenvalue weighted by atomic mass is 9.89. The second-order valence-electron chi connectivity index (χ2n) is 10.9. The number of carboxylic acid groups (broad SMARTS) is 1. The van der Waals surface area contributed by atoms with Gasteiger partial charge < -0.3 is 29.7 Å². The third kappa shape index (κ3) is 5.96. The fraction of sp³-hybridized carbons (Fsp3) is 0.448. The summed E-state index contributed by atoms with van der Waals surface area (Å²) in [6, 6.07) is 7.20. The first kappa shape index (κ1) is 29.5. The number of alkyl halides is 3. The summed E-state index contributed by atoms with van der Waals surface area (Å²) in [6.07, 6.45) is 1.20. The van der Waals surface area contributed by atoms with Gasteiger partial charge in [-0.15, -0.1) is 0 Å². The minimum Gasteiger partial charge on any atom is -0.490 e. The molecule has 3 aromatic rings. The molecule has 44 heavy (non-hydrogen) atoms. The van der Waals surface area contributed by atoms with Gasteiger partial charge in [0.2, 0.25) is 11.9 Å². The van der Waals surface area contributed by atoms with Gasteiger partial charge in [-0.1, -0.05) is 0 Å². The monoisotopic (exact) mass is 613 g/mol. The summed E-state index contributed by atoms with van der Waals surface area (Å²) in [6.45, 7) is 1.95. The number of halogens is 3. The zero-order chi connectivity index (χ0) is 30.9. The van der Waals surface area contributed by atoms with Gasteiger partial charge in [-0.2, -0.15) is 13.2 Å². The number of aliphatic carboxylic acids is 1. The van der Waals surface area contributed by atoms with Crippen molar-refractivity contribution in [3.05, 3.63) is 59.7 Å². The fourth-order valence-corrected chi connectivity index (χ4v) is 5.76. The Kier molecular flexibility index (Phi) is 7.97. The van der Waals surface area contributed by atoms with E-state index in [0.717, 1.165) is 37.7 Å². The highest BCUT2D eigenvalue weighted by atomic mass is 19.4. The number of carbonyl (C=O) groups excluding carboxylic acids is 1. The van der Waals surface area contributed by atoms with Crippen LogP contribution in [-0.4, -0.2) is 81.4 Å². The number of amides is 1. The Labute approximate surface area is 250 Å². The number of aromatic nitrogens is 4. The van der Waals surface area contributed by atoms with E-state index in [1.807, 2.05) is 6.07 Å². The molecular weight excluding hydrogens is 583 g/mol. The second-order valence-corrected chi connectivity index (χ2v) is 10.9. The Morgan fingerprint density at radius 2 is 1.77 bits per heavy atom. The van der Waals surface area contributed by atoms with Crippen molar-refractivity contribution in [2.24, 2.45) is 0 Å². The largest absolute Gasteiger partial charge is 0.490 e. The lowest BCUT2D eigenvalue weighted by molar-refractivity contribution is -0.148. The average Bonchev–Trinajstić information content (AvgIpc) is 3.45. The van der Waals surface area contributed by atoms with Crippen LogP contribution in [0.4, 0.5) is 30.8 Å². The molecule has 0 radical (unpaired) electrons. The highest BCUT2D eigenvalue weighted by molar-refractivity contribution is 5.98. The Morgan fingerprint density at radius 3 is 2.45 bits per heavy atom. The van der Waals surface area contributed by atoms with Gasteiger partial charge >= 0.3 is 12.1 Å². The molecule has 2 aromatic heterocycles. The standard InChI is InChI=1S/C29H30F3N7O5/c30-29(31,32)23-21(24(40)37-28(25(41)42)7-14-43-15-8-28)17-35-27(36-23)39-13-4-18-16-20(2-3-22(18)39)44-19-5-11-38(12-6-19)26-33-9-1-10-34-26/h1-3,9-10,16-17,19H,4-8,11-15H2,(H,37,40)(H,41,42). The summed E-state index contributed by atoms with van der Waals surface area (Å²) in [5.74, 6) is -1.40. The SMILES string of the molecule is O=C(NC1(C(=O)O)CCOCC1)c1cnc(N2CCc3cc(OC4CCN(c5ncccn5)CC4)ccc32)nc1C(F)(F)F. The maximum absolute atomic E-state index is 14.1. The van der Waals surface area contributed by atoms with Crippen LogP contribution in [0.1, 0.15) is 47.3 Å². The predicted molar refractivity (Wildman–Crippen MR) is 150 cm³/mol. The number of piperidine rings is 1. The number of rotatable bonds is 7. The van der Waals surface area contributed by atoms with Crippen molar-refractivity contribution in [2.75, 3.05) is 42.6 Å². The molecule has 232 valence electrons. The Morgan fingerprint density at radius 1 is 1.05 bits per heavy atom. The number of nitrogens with zero attached hydrogens (tertiary/aromatic N) is 6. The van der Waals surface area contributed by atoms with Crippen molar-refractivity contribution in [1.29, 1.82) is 0 Å². The first-order valence-corrected chi connectivity index (χ1v) is 14.3. The summed E-state index contributed by atoms with van der Waals surface area (Å²) in [7, 11) is 0. The molecule has 3 aliphatic rings. The summed E-state index contributed by atoms with van der Waals surface area (Å²) < 4.78 is 53.9. The first-order chi connectivity index (χ1) is 21.1. The molecule has 0 saturated carbocycles. The summed E-state index contributed by atoms with van der Waals surface area (Å²) in [4.78, 5) is 45.0. The van der Waals surface area contributed by atoms with Gasteiger partial charge in [0.25, 0.3) is 5.91 Å². The Hall–Kier alpha value is -4.53. The van der Waals surface area contributed by atoms with Crippen LogP contribution in [0.3, 0.4) is 0 Å². The van der Waals surface area contributed by atoms with Crippen LogP contribution in [0.15, 0.2) is 42.9 Å². The van der Waals surface area contributed by atoms with Crippen LogP contribution in [0, 0.1) is 0 Å². The van der Waals surface area contributed by atoms with E-state index < -0.39 is 34.8 Å². The van der Waals surface area contributed by atoms with Crippen molar-refractivity contribution in [3.63, 3.8) is 0 Å². The van der Waals surface area contributed by atoms with E-state index in [0.29, 0.717) is 30.4 Å². The molecule has 2 N–H and O–H groups in total. The number of anilines is 3. The Bertz CT molecular complexity index is 1530. The van der Waals surface area contributed by atoms with Gasteiger partial charge in [0.05, 0.1) is 5.56 Å². The summed E-state index contributed by atoms with van der Waals surface area (Å²) in [5, 5.41) is 12.0. The number of benzene rings is 1. The van der Waals surface area contributed by atoms with Crippen molar-refractivity contribution < 1.29 is 37.3 Å². The average molecular weight is 614 g/mol. The van der Waals surface area contributed by atoms with Gasteiger partial charge in [0.1, 0.15) is 17.4 Å². The molecule has 1 aromatic carbocycles. The lowest BCUT2D eigenvalue weighted by Gasteiger charge is -2.34. The predicted octanol–water partition coefficient (Wildman–Crippen LogP) is 3.39. The lowest BCUT2D eigenvalue weighted by Crippen LogP contribution is -2.57. The number of hydrogen-bond donors (Lipinski definition) is 2. The number of fused-ring (bicyclic) bond motifs is 1. The van der Waals surface area contributed by atoms with E-state index >= 15 is 0 Å². The molecule has 0 unspecified atom stereocenters. The molecule has 12 nitrogen and oxygen atoms in total. The quantitative estimate of drug-likeness (QED) is 0.405. The molecule has 3 aliphatic heterocycles. The highest BCUT2D eigenvalue weighted by Gasteiger charge is 2.44. The van der Waals surface area contributed by atoms with Crippen LogP contribution >= 0.6 is 0 Å². The Balaban J connectivity index is 1.16. The van der Waals surface area contributed by atoms with Crippen LogP contribution in [-0.2, 0) is 22.1 Å². The van der Waals surface area contributed by atoms with E-state index in [-0.39, 0.29) is 38.1 Å². The molecule has 15 heteroatoms. The molecule has 0 spiro atoms. The minimum atomic E-state index is -4.99. The van der Waals surface area contributed by atoms with Gasteiger partial charge in [0, 0.05) is 82.8 Å². The minimum absolute atomic E-state index is 0.00304. The number of ether oxygens (including phenoxy) is 2. The third-order valence-electron chi connectivity index (χ3n) is 8.17. The number of nitrogens with one attached hydrogen (secondary N) is 1. The van der Waals surface area contributed by atoms with Crippen LogP contribution in [0.25, 0.3) is 0 Å². The van der Waals surface area contributed by atoms with Crippen molar-refractivity contribution in [3.8, 4) is 5.75 Å². The number of carbonyl (C=O) groups is 2. The van der Waals surface area contributed by atoms with Crippen molar-refractivity contribution >= 4 is 29.5 Å². The van der Waals surface area contributed by atoms with Crippen LogP contribution < -0.4 is 19.9 Å². The molecular formula is C29H30F3N7O5. The topological polar surface area (TPSA) is 143 Å². The van der Waals surface area contributed by atoms with Gasteiger partial charge in [-0.05, 0) is 36.2 Å². The zero-order valence-corrected chi connectivity index (χ0v) is 23.6. The highest BCUT2D eigenvalue weighted by Crippen LogP contribution is 2.38. The summed E-state index contributed by atoms with van der Waals surface area (Å²) >= 11 is 0. The van der Waals surface area contributed by atoms with E-state index in [4.69, 9.17) is 9.47 Å². The molecule has 2 fully saturated rings. The van der Waals surface area contributed by atoms with E-state index in [2.05, 4.69) is 30.2 Å². The van der Waals surface area contributed by atoms with Gasteiger partial charge in [0.15, 0.2) is 5.69 Å². The third-order valence-corrected chi connectivity index (χ3v) is 8.17. The smallest absolute Gasteiger partial charge is 0.434 e. The van der Waals surface area contributed by atoms with Crippen molar-refractivity contribution in [1.82, 2.24) is 25.3 Å². The molecule has 0 aliphatic carbocycles. The first-order valence-electron chi connectivity index (χ1n) is 14.3. The molecule has 0 atom stereocenters. The van der Waals surface area contributed by atoms with Gasteiger partial charge in [-0.3, -0.25) is 4.79 Å². The normalized spacial score (nSPS) is 18.5. The van der Waals surface area contributed by atoms with E-state index in [1.165, 1.54) is 0 Å².